The number of methoxy groups -OCH3 is 2. The summed E-state index contributed by atoms with van der Waals surface area (Å²) in [6.45, 7) is 0. The SMILES string of the molecule is COc1ccc(OC)c(-n2c(-c3cc(O)ccc3O)cs/c2=N\N=C\c2ccccc2)c1. The summed E-state index contributed by atoms with van der Waals surface area (Å²) in [7, 11) is 3.16. The Kier molecular flexibility index (Phi) is 6.23. The van der Waals surface area contributed by atoms with Gasteiger partial charge in [0.1, 0.15) is 23.0 Å². The molecule has 0 fully saturated rings. The topological polar surface area (TPSA) is 88.6 Å². The lowest BCUT2D eigenvalue weighted by Gasteiger charge is -2.15. The first-order chi connectivity index (χ1) is 15.6. The molecular weight excluding hydrogens is 426 g/mol. The molecule has 2 N–H and O–H groups in total. The van der Waals surface area contributed by atoms with Crippen molar-refractivity contribution in [1.29, 1.82) is 0 Å². The summed E-state index contributed by atoms with van der Waals surface area (Å²) in [5, 5.41) is 31.0. The van der Waals surface area contributed by atoms with E-state index >= 15 is 0 Å². The molecular formula is C24H21N3O4S. The molecule has 32 heavy (non-hydrogen) atoms. The lowest BCUT2D eigenvalue weighted by Crippen LogP contribution is -2.15. The van der Waals surface area contributed by atoms with E-state index in [0.717, 1.165) is 5.56 Å². The van der Waals surface area contributed by atoms with Crippen LogP contribution < -0.4 is 14.3 Å². The minimum Gasteiger partial charge on any atom is -0.508 e. The van der Waals surface area contributed by atoms with Crippen LogP contribution in [0.5, 0.6) is 23.0 Å². The standard InChI is InChI=1S/C24H21N3O4S/c1-30-18-9-11-23(31-2)20(13-18)27-21(19-12-17(28)8-10-22(19)29)15-32-24(27)26-25-14-16-6-4-3-5-7-16/h3-15,28-29H,1-2H3/b25-14+,26-24-. The van der Waals surface area contributed by atoms with E-state index < -0.39 is 0 Å². The van der Waals surface area contributed by atoms with Gasteiger partial charge in [-0.05, 0) is 35.9 Å². The van der Waals surface area contributed by atoms with Crippen molar-refractivity contribution in [1.82, 2.24) is 4.57 Å². The molecule has 0 saturated carbocycles. The summed E-state index contributed by atoms with van der Waals surface area (Å²) in [5.74, 6) is 1.27. The third-order valence-electron chi connectivity index (χ3n) is 4.74. The minimum absolute atomic E-state index is 0.0237. The molecule has 0 aliphatic carbocycles. The van der Waals surface area contributed by atoms with E-state index in [9.17, 15) is 10.2 Å². The Labute approximate surface area is 188 Å². The van der Waals surface area contributed by atoms with E-state index in [4.69, 9.17) is 9.47 Å². The summed E-state index contributed by atoms with van der Waals surface area (Å²) < 4.78 is 12.8. The number of benzene rings is 3. The maximum atomic E-state index is 10.5. The Morgan fingerprint density at radius 2 is 1.75 bits per heavy atom. The van der Waals surface area contributed by atoms with Crippen molar-refractivity contribution in [2.45, 2.75) is 0 Å². The fourth-order valence-corrected chi connectivity index (χ4v) is 4.03. The molecule has 162 valence electrons. The van der Waals surface area contributed by atoms with Crippen molar-refractivity contribution in [3.05, 3.63) is 82.5 Å². The van der Waals surface area contributed by atoms with Crippen LogP contribution in [0.3, 0.4) is 0 Å². The molecule has 0 radical (unpaired) electrons. The van der Waals surface area contributed by atoms with Gasteiger partial charge in [-0.25, -0.2) is 0 Å². The fourth-order valence-electron chi connectivity index (χ4n) is 3.19. The quantitative estimate of drug-likeness (QED) is 0.257. The second-order valence-electron chi connectivity index (χ2n) is 6.73. The van der Waals surface area contributed by atoms with Gasteiger partial charge in [-0.3, -0.25) is 4.57 Å². The first-order valence-electron chi connectivity index (χ1n) is 9.68. The Bertz CT molecular complexity index is 1330. The average molecular weight is 448 g/mol. The normalized spacial score (nSPS) is 11.8. The average Bonchev–Trinajstić information content (AvgIpc) is 3.24. The monoisotopic (exact) mass is 447 g/mol. The Morgan fingerprint density at radius 1 is 0.938 bits per heavy atom. The van der Waals surface area contributed by atoms with Gasteiger partial charge in [0, 0.05) is 17.0 Å². The number of rotatable bonds is 6. The predicted molar refractivity (Wildman–Crippen MR) is 125 cm³/mol. The van der Waals surface area contributed by atoms with Gasteiger partial charge >= 0.3 is 0 Å². The zero-order valence-electron chi connectivity index (χ0n) is 17.5. The Morgan fingerprint density at radius 3 is 2.50 bits per heavy atom. The van der Waals surface area contributed by atoms with Crippen LogP contribution >= 0.6 is 11.3 Å². The highest BCUT2D eigenvalue weighted by Gasteiger charge is 2.18. The first-order valence-corrected chi connectivity index (χ1v) is 10.6. The van der Waals surface area contributed by atoms with Crippen LogP contribution in [0.4, 0.5) is 0 Å². The third-order valence-corrected chi connectivity index (χ3v) is 5.56. The summed E-state index contributed by atoms with van der Waals surface area (Å²) in [6, 6.07) is 19.4. The zero-order chi connectivity index (χ0) is 22.5. The van der Waals surface area contributed by atoms with Crippen molar-refractivity contribution in [2.24, 2.45) is 10.2 Å². The summed E-state index contributed by atoms with van der Waals surface area (Å²) in [4.78, 5) is 0.543. The number of hydrogen-bond acceptors (Lipinski definition) is 7. The second-order valence-corrected chi connectivity index (χ2v) is 7.57. The van der Waals surface area contributed by atoms with Gasteiger partial charge < -0.3 is 19.7 Å². The van der Waals surface area contributed by atoms with E-state index in [0.29, 0.717) is 33.2 Å². The molecule has 0 unspecified atom stereocenters. The molecule has 4 rings (SSSR count). The molecule has 0 aliphatic rings. The molecule has 3 aromatic carbocycles. The second kappa shape index (κ2) is 9.40. The number of ether oxygens (including phenoxy) is 2. The number of aromatic nitrogens is 1. The highest BCUT2D eigenvalue weighted by Crippen LogP contribution is 2.36. The van der Waals surface area contributed by atoms with Crippen molar-refractivity contribution in [3.63, 3.8) is 0 Å². The number of phenols is 2. The third kappa shape index (κ3) is 4.35. The van der Waals surface area contributed by atoms with Gasteiger partial charge in [0.25, 0.3) is 0 Å². The molecule has 0 bridgehead atoms. The van der Waals surface area contributed by atoms with Crippen LogP contribution in [0.1, 0.15) is 5.56 Å². The molecule has 7 nitrogen and oxygen atoms in total. The van der Waals surface area contributed by atoms with E-state index in [1.807, 2.05) is 46.3 Å². The first kappa shape index (κ1) is 21.2. The summed E-state index contributed by atoms with van der Waals surface area (Å²) >= 11 is 1.34. The highest BCUT2D eigenvalue weighted by molar-refractivity contribution is 7.07. The largest absolute Gasteiger partial charge is 0.508 e. The number of nitrogens with zero attached hydrogens (tertiary/aromatic N) is 3. The van der Waals surface area contributed by atoms with E-state index in [1.54, 1.807) is 32.6 Å². The van der Waals surface area contributed by atoms with Gasteiger partial charge in [0.15, 0.2) is 0 Å². The molecule has 1 aromatic heterocycles. The molecule has 0 atom stereocenters. The molecule has 1 heterocycles. The van der Waals surface area contributed by atoms with Crippen molar-refractivity contribution < 1.29 is 19.7 Å². The molecule has 0 saturated heterocycles. The van der Waals surface area contributed by atoms with E-state index in [-0.39, 0.29) is 11.5 Å². The van der Waals surface area contributed by atoms with Crippen molar-refractivity contribution in [2.75, 3.05) is 14.2 Å². The molecule has 0 amide bonds. The van der Waals surface area contributed by atoms with Crippen molar-refractivity contribution >= 4 is 17.6 Å². The minimum atomic E-state index is 0.0237. The molecule has 8 heteroatoms. The van der Waals surface area contributed by atoms with Gasteiger partial charge in [0.05, 0.1) is 31.8 Å². The summed E-state index contributed by atoms with van der Waals surface area (Å²) in [5.41, 5.74) is 2.63. The Balaban J connectivity index is 1.95. The number of thiazole rings is 1. The van der Waals surface area contributed by atoms with Gasteiger partial charge in [-0.15, -0.1) is 16.4 Å². The lowest BCUT2D eigenvalue weighted by molar-refractivity contribution is 0.401. The van der Waals surface area contributed by atoms with Crippen LogP contribution in [0.25, 0.3) is 16.9 Å². The lowest BCUT2D eigenvalue weighted by atomic mass is 10.1. The van der Waals surface area contributed by atoms with Crippen LogP contribution in [0, 0.1) is 0 Å². The van der Waals surface area contributed by atoms with Crippen LogP contribution in [0.2, 0.25) is 0 Å². The number of aromatic hydroxyl groups is 2. The van der Waals surface area contributed by atoms with Crippen LogP contribution in [-0.4, -0.2) is 35.2 Å². The van der Waals surface area contributed by atoms with Crippen LogP contribution in [0.15, 0.2) is 82.3 Å². The van der Waals surface area contributed by atoms with Crippen molar-refractivity contribution in [3.8, 4) is 39.9 Å². The fraction of sp³-hybridized carbons (Fsp3) is 0.0833. The van der Waals surface area contributed by atoms with Crippen LogP contribution in [-0.2, 0) is 0 Å². The maximum absolute atomic E-state index is 10.5. The van der Waals surface area contributed by atoms with E-state index in [2.05, 4.69) is 10.2 Å². The smallest absolute Gasteiger partial charge is 0.215 e. The van der Waals surface area contributed by atoms with Gasteiger partial charge in [0.2, 0.25) is 4.80 Å². The molecule has 4 aromatic rings. The highest BCUT2D eigenvalue weighted by atomic mass is 32.1. The number of hydrogen-bond donors (Lipinski definition) is 2. The van der Waals surface area contributed by atoms with E-state index in [1.165, 1.54) is 29.5 Å². The van der Waals surface area contributed by atoms with Gasteiger partial charge in [-0.1, -0.05) is 30.3 Å². The molecule has 0 spiro atoms. The molecule has 0 aliphatic heterocycles. The van der Waals surface area contributed by atoms with Gasteiger partial charge in [-0.2, -0.15) is 5.10 Å². The number of phenolic OH excluding ortho intramolecular Hbond substituents is 2. The zero-order valence-corrected chi connectivity index (χ0v) is 18.3. The predicted octanol–water partition coefficient (Wildman–Crippen LogP) is 4.57. The summed E-state index contributed by atoms with van der Waals surface area (Å²) in [6.07, 6.45) is 1.67. The Hall–Kier alpha value is -4.04. The maximum Gasteiger partial charge on any atom is 0.215 e.